The van der Waals surface area contributed by atoms with Gasteiger partial charge in [0.05, 0.1) is 6.42 Å². The third-order valence-corrected chi connectivity index (χ3v) is 4.56. The Labute approximate surface area is 195 Å². The van der Waals surface area contributed by atoms with Gasteiger partial charge in [0.25, 0.3) is 0 Å². The molecule has 34 heavy (non-hydrogen) atoms. The predicted octanol–water partition coefficient (Wildman–Crippen LogP) is 6.12. The first kappa shape index (κ1) is 24.5. The van der Waals surface area contributed by atoms with Crippen LogP contribution in [0, 0.1) is 0 Å². The third kappa shape index (κ3) is 7.47. The number of ether oxygens (including phenoxy) is 1. The SMILES string of the molecule is C=C/C(=C\CC)Nc1ncc(-c2ccc(CC(=O)Nc3cccc(OC(F)(F)F)c3)cc2)cn1. The molecule has 1 aromatic heterocycles. The quantitative estimate of drug-likeness (QED) is 0.370. The maximum atomic E-state index is 12.4. The second-order valence-corrected chi connectivity index (χ2v) is 7.19. The molecule has 3 aromatic rings. The normalized spacial score (nSPS) is 11.6. The Morgan fingerprint density at radius 3 is 2.38 bits per heavy atom. The van der Waals surface area contributed by atoms with E-state index in [0.717, 1.165) is 40.9 Å². The first-order valence-corrected chi connectivity index (χ1v) is 10.4. The molecule has 1 heterocycles. The number of hydrogen-bond donors (Lipinski definition) is 2. The lowest BCUT2D eigenvalue weighted by molar-refractivity contribution is -0.274. The van der Waals surface area contributed by atoms with Gasteiger partial charge in [0.1, 0.15) is 5.75 Å². The number of benzene rings is 2. The number of anilines is 2. The molecule has 0 unspecified atom stereocenters. The second kappa shape index (κ2) is 11.1. The second-order valence-electron chi connectivity index (χ2n) is 7.19. The van der Waals surface area contributed by atoms with Gasteiger partial charge in [-0.3, -0.25) is 4.79 Å². The molecule has 0 atom stereocenters. The van der Waals surface area contributed by atoms with E-state index in [1.165, 1.54) is 12.1 Å². The Hall–Kier alpha value is -4.14. The molecule has 0 fully saturated rings. The van der Waals surface area contributed by atoms with Crippen LogP contribution in [0.2, 0.25) is 0 Å². The summed E-state index contributed by atoms with van der Waals surface area (Å²) in [6.07, 6.45) is 3.18. The molecule has 0 aliphatic rings. The predicted molar refractivity (Wildman–Crippen MR) is 125 cm³/mol. The molecule has 2 N–H and O–H groups in total. The van der Waals surface area contributed by atoms with Crippen LogP contribution in [-0.2, 0) is 11.2 Å². The van der Waals surface area contributed by atoms with Gasteiger partial charge in [-0.1, -0.05) is 49.9 Å². The number of rotatable bonds is 9. The first-order valence-electron chi connectivity index (χ1n) is 10.4. The Morgan fingerprint density at radius 2 is 1.76 bits per heavy atom. The molecule has 9 heteroatoms. The van der Waals surface area contributed by atoms with Crippen molar-refractivity contribution in [2.45, 2.75) is 26.1 Å². The van der Waals surface area contributed by atoms with Gasteiger partial charge in [0.2, 0.25) is 11.9 Å². The minimum atomic E-state index is -4.80. The van der Waals surface area contributed by atoms with Gasteiger partial charge in [-0.05, 0) is 35.8 Å². The summed E-state index contributed by atoms with van der Waals surface area (Å²) in [5.74, 6) is -0.310. The number of amides is 1. The molecule has 6 nitrogen and oxygen atoms in total. The highest BCUT2D eigenvalue weighted by atomic mass is 19.4. The molecular formula is C25H23F3N4O2. The molecule has 1 amide bonds. The number of nitrogens with one attached hydrogen (secondary N) is 2. The van der Waals surface area contributed by atoms with Crippen molar-refractivity contribution in [1.29, 1.82) is 0 Å². The number of aromatic nitrogens is 2. The zero-order valence-electron chi connectivity index (χ0n) is 18.4. The van der Waals surface area contributed by atoms with Crippen molar-refractivity contribution >= 4 is 17.5 Å². The van der Waals surface area contributed by atoms with E-state index in [4.69, 9.17) is 0 Å². The number of nitrogens with zero attached hydrogens (tertiary/aromatic N) is 2. The highest BCUT2D eigenvalue weighted by Gasteiger charge is 2.31. The molecule has 0 saturated heterocycles. The van der Waals surface area contributed by atoms with Crippen LogP contribution in [0.4, 0.5) is 24.8 Å². The average molecular weight is 468 g/mol. The maximum Gasteiger partial charge on any atom is 0.573 e. The summed E-state index contributed by atoms with van der Waals surface area (Å²) in [5.41, 5.74) is 3.46. The summed E-state index contributed by atoms with van der Waals surface area (Å²) in [7, 11) is 0. The smallest absolute Gasteiger partial charge is 0.406 e. The van der Waals surface area contributed by atoms with Gasteiger partial charge in [-0.15, -0.1) is 13.2 Å². The largest absolute Gasteiger partial charge is 0.573 e. The van der Waals surface area contributed by atoms with Gasteiger partial charge >= 0.3 is 6.36 Å². The van der Waals surface area contributed by atoms with E-state index in [9.17, 15) is 18.0 Å². The summed E-state index contributed by atoms with van der Waals surface area (Å²) < 4.78 is 41.0. The monoisotopic (exact) mass is 468 g/mol. The van der Waals surface area contributed by atoms with Crippen molar-refractivity contribution in [2.24, 2.45) is 0 Å². The first-order chi connectivity index (χ1) is 16.3. The van der Waals surface area contributed by atoms with Crippen LogP contribution < -0.4 is 15.4 Å². The molecule has 0 spiro atoms. The van der Waals surface area contributed by atoms with E-state index >= 15 is 0 Å². The van der Waals surface area contributed by atoms with Crippen molar-refractivity contribution < 1.29 is 22.7 Å². The van der Waals surface area contributed by atoms with E-state index in [1.54, 1.807) is 30.6 Å². The summed E-state index contributed by atoms with van der Waals surface area (Å²) in [6.45, 7) is 5.77. The Kier molecular flexibility index (Phi) is 8.02. The highest BCUT2D eigenvalue weighted by molar-refractivity contribution is 5.92. The van der Waals surface area contributed by atoms with Crippen molar-refractivity contribution in [3.8, 4) is 16.9 Å². The van der Waals surface area contributed by atoms with E-state index in [-0.39, 0.29) is 18.0 Å². The molecule has 0 aliphatic carbocycles. The number of hydrogen-bond acceptors (Lipinski definition) is 5. The van der Waals surface area contributed by atoms with Crippen molar-refractivity contribution in [2.75, 3.05) is 10.6 Å². The zero-order chi connectivity index (χ0) is 24.6. The molecule has 176 valence electrons. The van der Waals surface area contributed by atoms with E-state index in [0.29, 0.717) is 5.95 Å². The molecule has 2 aromatic carbocycles. The lowest BCUT2D eigenvalue weighted by Gasteiger charge is -2.11. The van der Waals surface area contributed by atoms with Gasteiger partial charge < -0.3 is 15.4 Å². The Balaban J connectivity index is 1.59. The fourth-order valence-electron chi connectivity index (χ4n) is 3.05. The third-order valence-electron chi connectivity index (χ3n) is 4.56. The van der Waals surface area contributed by atoms with Gasteiger partial charge in [-0.2, -0.15) is 0 Å². The summed E-state index contributed by atoms with van der Waals surface area (Å²) in [6, 6.07) is 12.4. The topological polar surface area (TPSA) is 76.1 Å². The number of halogens is 3. The van der Waals surface area contributed by atoms with Crippen LogP contribution in [0.1, 0.15) is 18.9 Å². The van der Waals surface area contributed by atoms with Gasteiger partial charge in [0, 0.05) is 35.4 Å². The Bertz CT molecular complexity index is 1160. The van der Waals surface area contributed by atoms with Crippen LogP contribution in [0.3, 0.4) is 0 Å². The number of allylic oxidation sites excluding steroid dienone is 2. The number of alkyl halides is 3. The molecule has 0 radical (unpaired) electrons. The lowest BCUT2D eigenvalue weighted by atomic mass is 10.0. The molecular weight excluding hydrogens is 445 g/mol. The minimum absolute atomic E-state index is 0.0537. The van der Waals surface area contributed by atoms with Crippen LogP contribution >= 0.6 is 0 Å². The highest BCUT2D eigenvalue weighted by Crippen LogP contribution is 2.25. The fraction of sp³-hybridized carbons (Fsp3) is 0.160. The Morgan fingerprint density at radius 1 is 1.06 bits per heavy atom. The van der Waals surface area contributed by atoms with Crippen molar-refractivity contribution in [3.05, 3.63) is 90.9 Å². The fourth-order valence-corrected chi connectivity index (χ4v) is 3.05. The van der Waals surface area contributed by atoms with Crippen LogP contribution in [0.5, 0.6) is 5.75 Å². The van der Waals surface area contributed by atoms with Crippen molar-refractivity contribution in [1.82, 2.24) is 9.97 Å². The van der Waals surface area contributed by atoms with Gasteiger partial charge in [0.15, 0.2) is 0 Å². The minimum Gasteiger partial charge on any atom is -0.406 e. The summed E-state index contributed by atoms with van der Waals surface area (Å²) in [5, 5.41) is 5.66. The van der Waals surface area contributed by atoms with Crippen LogP contribution in [-0.4, -0.2) is 22.2 Å². The van der Waals surface area contributed by atoms with E-state index < -0.39 is 12.1 Å². The van der Waals surface area contributed by atoms with Gasteiger partial charge in [-0.25, -0.2) is 9.97 Å². The van der Waals surface area contributed by atoms with Crippen LogP contribution in [0.25, 0.3) is 11.1 Å². The standard InChI is InChI=1S/C25H23F3N4O2/c1-3-6-20(4-2)32-24-29-15-19(16-30-24)18-11-9-17(10-12-18)13-23(33)31-21-7-5-8-22(14-21)34-25(26,27)28/h4-12,14-16H,2-3,13H2,1H3,(H,31,33)(H,29,30,32)/b20-6+. The summed E-state index contributed by atoms with van der Waals surface area (Å²) >= 11 is 0. The van der Waals surface area contributed by atoms with Crippen LogP contribution in [0.15, 0.2) is 85.4 Å². The van der Waals surface area contributed by atoms with E-state index in [1.807, 2.05) is 25.1 Å². The molecule has 3 rings (SSSR count). The zero-order valence-corrected chi connectivity index (χ0v) is 18.4. The molecule has 0 saturated carbocycles. The van der Waals surface area contributed by atoms with E-state index in [2.05, 4.69) is 31.9 Å². The maximum absolute atomic E-state index is 12.4. The summed E-state index contributed by atoms with van der Waals surface area (Å²) in [4.78, 5) is 21.0. The average Bonchev–Trinajstić information content (AvgIpc) is 2.79. The molecule has 0 bridgehead atoms. The molecule has 0 aliphatic heterocycles. The van der Waals surface area contributed by atoms with Crippen molar-refractivity contribution in [3.63, 3.8) is 0 Å². The number of carbonyl (C=O) groups is 1. The number of carbonyl (C=O) groups excluding carboxylic acids is 1. The lowest BCUT2D eigenvalue weighted by Crippen LogP contribution is -2.18.